The van der Waals surface area contributed by atoms with Crippen molar-refractivity contribution in [2.45, 2.75) is 88.0 Å². The van der Waals surface area contributed by atoms with Gasteiger partial charge in [-0.3, -0.25) is 9.69 Å². The fraction of sp³-hybridized carbons (Fsp3) is 0.679. The van der Waals surface area contributed by atoms with Crippen molar-refractivity contribution in [3.05, 3.63) is 41.4 Å². The Hall–Kier alpha value is -1.89. The lowest BCUT2D eigenvalue weighted by Crippen LogP contribution is -2.72. The SMILES string of the molecule is CN(C(=O)/C=C/c1ccoc1)[C@H]1CC[C@@]2(O)[C@H]3CC4=C(C[C@H](O)CC4)[C@@]2(CCN3CC2CC2)C1. The van der Waals surface area contributed by atoms with Gasteiger partial charge in [-0.25, -0.2) is 0 Å². The van der Waals surface area contributed by atoms with Crippen molar-refractivity contribution < 1.29 is 19.4 Å². The molecule has 0 spiro atoms. The number of aliphatic hydroxyl groups is 2. The molecular formula is C28H38N2O4. The van der Waals surface area contributed by atoms with E-state index in [1.165, 1.54) is 24.0 Å². The Labute approximate surface area is 202 Å². The molecule has 2 heterocycles. The van der Waals surface area contributed by atoms with Crippen LogP contribution in [0.5, 0.6) is 0 Å². The highest BCUT2D eigenvalue weighted by Crippen LogP contribution is 2.63. The Morgan fingerprint density at radius 1 is 1.26 bits per heavy atom. The molecule has 0 radical (unpaired) electrons. The van der Waals surface area contributed by atoms with Gasteiger partial charge >= 0.3 is 0 Å². The lowest BCUT2D eigenvalue weighted by molar-refractivity contribution is -0.199. The standard InChI is InChI=1S/C28H38N2O4/c1-29(26(32)7-4-20-9-13-34-18-20)22-8-10-28(33)25-14-21-5-6-23(31)15-24(21)27(28,16-22)11-12-30(25)17-19-2-3-19/h4,7,9,13,18-19,22-23,25,31,33H,2-3,5-6,8,10-12,14-17H2,1H3/b7-4+/t22-,23+,25+,27+,28+/m0/s1. The first-order chi connectivity index (χ1) is 16.4. The number of amides is 1. The Kier molecular flexibility index (Phi) is 5.54. The summed E-state index contributed by atoms with van der Waals surface area (Å²) in [5.74, 6) is 0.797. The van der Waals surface area contributed by atoms with E-state index in [0.29, 0.717) is 6.42 Å². The maximum absolute atomic E-state index is 13.0. The number of furan rings is 1. The van der Waals surface area contributed by atoms with Crippen LogP contribution in [-0.4, -0.2) is 69.8 Å². The predicted octanol–water partition coefficient (Wildman–Crippen LogP) is 3.75. The highest BCUT2D eigenvalue weighted by atomic mass is 16.3. The van der Waals surface area contributed by atoms with Gasteiger partial charge in [-0.15, -0.1) is 0 Å². The second-order valence-corrected chi connectivity index (χ2v) is 11.6. The third-order valence-electron chi connectivity index (χ3n) is 9.80. The highest BCUT2D eigenvalue weighted by molar-refractivity contribution is 5.91. The number of rotatable bonds is 5. The number of aliphatic hydroxyl groups excluding tert-OH is 1. The van der Waals surface area contributed by atoms with Crippen molar-refractivity contribution in [3.8, 4) is 0 Å². The van der Waals surface area contributed by atoms with E-state index >= 15 is 0 Å². The van der Waals surface area contributed by atoms with E-state index in [4.69, 9.17) is 4.42 Å². The molecule has 6 heteroatoms. The van der Waals surface area contributed by atoms with E-state index in [1.807, 2.05) is 18.0 Å². The molecule has 1 aliphatic heterocycles. The van der Waals surface area contributed by atoms with Gasteiger partial charge in [-0.1, -0.05) is 11.1 Å². The van der Waals surface area contributed by atoms with Crippen molar-refractivity contribution in [1.82, 2.24) is 9.80 Å². The number of carbonyl (C=O) groups is 1. The first-order valence-corrected chi connectivity index (χ1v) is 13.2. The van der Waals surface area contributed by atoms with Crippen LogP contribution in [-0.2, 0) is 4.79 Å². The first kappa shape index (κ1) is 22.6. The molecule has 5 atom stereocenters. The van der Waals surface area contributed by atoms with Crippen molar-refractivity contribution in [1.29, 1.82) is 0 Å². The summed E-state index contributed by atoms with van der Waals surface area (Å²) in [4.78, 5) is 17.5. The summed E-state index contributed by atoms with van der Waals surface area (Å²) < 4.78 is 5.10. The zero-order valence-corrected chi connectivity index (χ0v) is 20.3. The summed E-state index contributed by atoms with van der Waals surface area (Å²) in [7, 11) is 1.90. The van der Waals surface area contributed by atoms with Crippen molar-refractivity contribution in [3.63, 3.8) is 0 Å². The molecule has 2 N–H and O–H groups in total. The number of likely N-dealkylation sites (tertiary alicyclic amines) is 1. The minimum absolute atomic E-state index is 0.00977. The molecule has 1 aromatic heterocycles. The molecule has 184 valence electrons. The van der Waals surface area contributed by atoms with Crippen LogP contribution < -0.4 is 0 Å². The Bertz CT molecular complexity index is 996. The fourth-order valence-corrected chi connectivity index (χ4v) is 7.72. The molecule has 5 aliphatic rings. The molecule has 4 aliphatic carbocycles. The monoisotopic (exact) mass is 466 g/mol. The van der Waals surface area contributed by atoms with Crippen LogP contribution in [0.25, 0.3) is 6.08 Å². The zero-order valence-electron chi connectivity index (χ0n) is 20.3. The number of hydrogen-bond acceptors (Lipinski definition) is 5. The van der Waals surface area contributed by atoms with Crippen LogP contribution in [0.15, 0.2) is 40.2 Å². The lowest BCUT2D eigenvalue weighted by Gasteiger charge is -2.66. The van der Waals surface area contributed by atoms with Gasteiger partial charge in [0, 0.05) is 42.7 Å². The van der Waals surface area contributed by atoms with Gasteiger partial charge in [0.05, 0.1) is 24.2 Å². The van der Waals surface area contributed by atoms with Gasteiger partial charge in [-0.2, -0.15) is 0 Å². The fourth-order valence-electron chi connectivity index (χ4n) is 7.72. The quantitative estimate of drug-likeness (QED) is 0.511. The van der Waals surface area contributed by atoms with E-state index in [2.05, 4.69) is 4.90 Å². The van der Waals surface area contributed by atoms with Gasteiger partial charge in [0.25, 0.3) is 0 Å². The van der Waals surface area contributed by atoms with Crippen LogP contribution in [0.3, 0.4) is 0 Å². The Morgan fingerprint density at radius 3 is 2.88 bits per heavy atom. The summed E-state index contributed by atoms with van der Waals surface area (Å²) in [5, 5.41) is 23.1. The summed E-state index contributed by atoms with van der Waals surface area (Å²) >= 11 is 0. The Balaban J connectivity index is 1.30. The van der Waals surface area contributed by atoms with Crippen LogP contribution in [0.4, 0.5) is 0 Å². The summed E-state index contributed by atoms with van der Waals surface area (Å²) in [6.07, 6.45) is 15.7. The van der Waals surface area contributed by atoms with E-state index in [0.717, 1.165) is 69.5 Å². The second-order valence-electron chi connectivity index (χ2n) is 11.6. The second kappa shape index (κ2) is 8.35. The molecular weight excluding hydrogens is 428 g/mol. The molecule has 0 aromatic carbocycles. The van der Waals surface area contributed by atoms with Gasteiger partial charge in [0.15, 0.2) is 0 Å². The normalized spacial score (nSPS) is 38.0. The molecule has 6 nitrogen and oxygen atoms in total. The lowest BCUT2D eigenvalue weighted by atomic mass is 9.47. The van der Waals surface area contributed by atoms with Crippen LogP contribution >= 0.6 is 0 Å². The van der Waals surface area contributed by atoms with E-state index < -0.39 is 5.60 Å². The molecule has 6 rings (SSSR count). The third-order valence-corrected chi connectivity index (χ3v) is 9.80. The summed E-state index contributed by atoms with van der Waals surface area (Å²) in [5.41, 5.74) is 2.63. The third kappa shape index (κ3) is 3.61. The number of nitrogens with zero attached hydrogens (tertiary/aromatic N) is 2. The molecule has 3 fully saturated rings. The van der Waals surface area contributed by atoms with Gasteiger partial charge < -0.3 is 19.5 Å². The predicted molar refractivity (Wildman–Crippen MR) is 130 cm³/mol. The van der Waals surface area contributed by atoms with Gasteiger partial charge in [0.1, 0.15) is 0 Å². The molecule has 1 amide bonds. The molecule has 2 bridgehead atoms. The maximum Gasteiger partial charge on any atom is 0.246 e. The van der Waals surface area contributed by atoms with Crippen molar-refractivity contribution in [2.75, 3.05) is 20.1 Å². The zero-order chi connectivity index (χ0) is 23.5. The summed E-state index contributed by atoms with van der Waals surface area (Å²) in [6.45, 7) is 2.13. The molecule has 34 heavy (non-hydrogen) atoms. The topological polar surface area (TPSA) is 77.2 Å². The smallest absolute Gasteiger partial charge is 0.246 e. The molecule has 0 unspecified atom stereocenters. The van der Waals surface area contributed by atoms with E-state index in [1.54, 1.807) is 24.7 Å². The average molecular weight is 467 g/mol. The molecule has 2 saturated carbocycles. The number of carbonyl (C=O) groups excluding carboxylic acids is 1. The maximum atomic E-state index is 13.0. The van der Waals surface area contributed by atoms with E-state index in [-0.39, 0.29) is 29.5 Å². The van der Waals surface area contributed by atoms with Gasteiger partial charge in [-0.05, 0) is 88.8 Å². The largest absolute Gasteiger partial charge is 0.472 e. The molecule has 1 saturated heterocycles. The Morgan fingerprint density at radius 2 is 2.12 bits per heavy atom. The number of piperidine rings is 1. The average Bonchev–Trinajstić information content (AvgIpc) is 3.49. The minimum atomic E-state index is -0.761. The minimum Gasteiger partial charge on any atom is -0.472 e. The summed E-state index contributed by atoms with van der Waals surface area (Å²) in [6, 6.07) is 2.10. The number of likely N-dealkylation sites (N-methyl/N-ethyl adjacent to an activating group) is 1. The van der Waals surface area contributed by atoms with Crippen molar-refractivity contribution in [2.24, 2.45) is 11.3 Å². The van der Waals surface area contributed by atoms with Crippen LogP contribution in [0, 0.1) is 11.3 Å². The highest BCUT2D eigenvalue weighted by Gasteiger charge is 2.65. The number of hydrogen-bond donors (Lipinski definition) is 2. The van der Waals surface area contributed by atoms with Crippen LogP contribution in [0.1, 0.15) is 69.8 Å². The first-order valence-electron chi connectivity index (χ1n) is 13.2. The van der Waals surface area contributed by atoms with Crippen LogP contribution in [0.2, 0.25) is 0 Å². The van der Waals surface area contributed by atoms with Crippen molar-refractivity contribution >= 4 is 12.0 Å². The molecule has 1 aromatic rings. The van der Waals surface area contributed by atoms with E-state index in [9.17, 15) is 15.0 Å². The van der Waals surface area contributed by atoms with Gasteiger partial charge in [0.2, 0.25) is 5.91 Å².